The highest BCUT2D eigenvalue weighted by Gasteiger charge is 2.29. The van der Waals surface area contributed by atoms with Gasteiger partial charge in [-0.15, -0.1) is 0 Å². The van der Waals surface area contributed by atoms with Crippen LogP contribution in [0.25, 0.3) is 0 Å². The molecule has 1 N–H and O–H groups in total. The fourth-order valence-corrected chi connectivity index (χ4v) is 3.55. The number of fused-ring (bicyclic) bond motifs is 1. The lowest BCUT2D eigenvalue weighted by atomic mass is 9.99. The summed E-state index contributed by atoms with van der Waals surface area (Å²) in [6.45, 7) is 2.39. The zero-order valence-electron chi connectivity index (χ0n) is 14.6. The van der Waals surface area contributed by atoms with Crippen LogP contribution in [0.2, 0.25) is 10.0 Å². The molecule has 4 rings (SSSR count). The third-order valence-electron chi connectivity index (χ3n) is 4.53. The number of nitrogens with one attached hydrogen (secondary N) is 1. The minimum atomic E-state index is -0.449. The molecule has 7 nitrogen and oxygen atoms in total. The average Bonchev–Trinajstić information content (AvgIpc) is 2.66. The molecule has 3 aromatic rings. The van der Waals surface area contributed by atoms with E-state index in [1.807, 2.05) is 11.8 Å². The smallest absolute Gasteiger partial charge is 0.285 e. The summed E-state index contributed by atoms with van der Waals surface area (Å²) in [5.41, 5.74) is 1.64. The number of nitrogens with zero attached hydrogens (tertiary/aromatic N) is 4. The lowest BCUT2D eigenvalue weighted by molar-refractivity contribution is 0.441. The molecule has 28 heavy (non-hydrogen) atoms. The van der Waals surface area contributed by atoms with Crippen LogP contribution >= 0.6 is 23.2 Å². The normalized spacial score (nSPS) is 16.0. The minimum absolute atomic E-state index is 0.0226. The number of hydrogen-bond donors (Lipinski definition) is 1. The Labute approximate surface area is 169 Å². The molecular formula is C18H14Cl2FN5O2. The van der Waals surface area contributed by atoms with Crippen LogP contribution in [0.15, 0.2) is 35.5 Å². The van der Waals surface area contributed by atoms with Gasteiger partial charge >= 0.3 is 0 Å². The molecule has 1 aliphatic heterocycles. The highest BCUT2D eigenvalue weighted by molar-refractivity contribution is 6.33. The first-order chi connectivity index (χ1) is 13.4. The van der Waals surface area contributed by atoms with Crippen LogP contribution in [0, 0.1) is 5.82 Å². The first-order valence-corrected chi connectivity index (χ1v) is 9.15. The highest BCUT2D eigenvalue weighted by Crippen LogP contribution is 2.36. The number of benzene rings is 1. The first-order valence-electron chi connectivity index (χ1n) is 8.39. The molecule has 1 aromatic carbocycles. The maximum absolute atomic E-state index is 13.3. The summed E-state index contributed by atoms with van der Waals surface area (Å²) in [7, 11) is 0. The second kappa shape index (κ2) is 7.37. The molecule has 0 bridgehead atoms. The lowest BCUT2D eigenvalue weighted by Crippen LogP contribution is -2.40. The monoisotopic (exact) mass is 421 g/mol. The van der Waals surface area contributed by atoms with Crippen molar-refractivity contribution in [1.82, 2.24) is 20.2 Å². The molecule has 10 heteroatoms. The van der Waals surface area contributed by atoms with E-state index < -0.39 is 11.4 Å². The van der Waals surface area contributed by atoms with E-state index >= 15 is 0 Å². The zero-order valence-corrected chi connectivity index (χ0v) is 16.1. The molecule has 1 atom stereocenters. The van der Waals surface area contributed by atoms with Crippen molar-refractivity contribution in [2.45, 2.75) is 25.9 Å². The molecule has 1 aliphatic rings. The second-order valence-corrected chi connectivity index (χ2v) is 7.15. The Morgan fingerprint density at radius 1 is 1.32 bits per heavy atom. The number of anilines is 1. The molecule has 0 spiro atoms. The summed E-state index contributed by atoms with van der Waals surface area (Å²) in [6, 6.07) is 3.87. The number of hydrogen-bond acceptors (Lipinski definition) is 6. The van der Waals surface area contributed by atoms with Gasteiger partial charge in [0.15, 0.2) is 0 Å². The molecule has 2 aromatic heterocycles. The van der Waals surface area contributed by atoms with E-state index in [2.05, 4.69) is 20.2 Å². The molecule has 0 saturated heterocycles. The predicted molar refractivity (Wildman–Crippen MR) is 103 cm³/mol. The number of aromatic nitrogens is 4. The van der Waals surface area contributed by atoms with E-state index in [9.17, 15) is 9.18 Å². The van der Waals surface area contributed by atoms with Crippen LogP contribution in [0.3, 0.4) is 0 Å². The van der Waals surface area contributed by atoms with Gasteiger partial charge in [-0.2, -0.15) is 5.10 Å². The van der Waals surface area contributed by atoms with Crippen LogP contribution in [0.4, 0.5) is 10.1 Å². The Bertz CT molecular complexity index is 1110. The highest BCUT2D eigenvalue weighted by atomic mass is 35.5. The second-order valence-electron chi connectivity index (χ2n) is 6.36. The van der Waals surface area contributed by atoms with Crippen molar-refractivity contribution < 1.29 is 9.13 Å². The molecule has 0 saturated carbocycles. The number of halogens is 3. The number of aromatic amines is 1. The minimum Gasteiger partial charge on any atom is -0.437 e. The van der Waals surface area contributed by atoms with Crippen molar-refractivity contribution >= 4 is 28.9 Å². The van der Waals surface area contributed by atoms with Gasteiger partial charge in [-0.25, -0.2) is 19.5 Å². The van der Waals surface area contributed by atoms with Crippen molar-refractivity contribution in [1.29, 1.82) is 0 Å². The van der Waals surface area contributed by atoms with Crippen molar-refractivity contribution in [3.63, 3.8) is 0 Å². The van der Waals surface area contributed by atoms with Crippen LogP contribution in [-0.2, 0) is 13.0 Å². The van der Waals surface area contributed by atoms with Gasteiger partial charge in [0.1, 0.15) is 22.9 Å². The number of rotatable bonds is 3. The summed E-state index contributed by atoms with van der Waals surface area (Å²) in [6.07, 6.45) is 3.45. The zero-order chi connectivity index (χ0) is 19.8. The maximum Gasteiger partial charge on any atom is 0.285 e. The van der Waals surface area contributed by atoms with Crippen molar-refractivity contribution in [3.05, 3.63) is 68.2 Å². The molecule has 0 amide bonds. The molecular weight excluding hydrogens is 408 g/mol. The van der Waals surface area contributed by atoms with Crippen LogP contribution in [-0.4, -0.2) is 26.2 Å². The first kappa shape index (κ1) is 18.6. The molecule has 3 heterocycles. The predicted octanol–water partition coefficient (Wildman–Crippen LogP) is 3.75. The molecule has 0 fully saturated rings. The molecule has 144 valence electrons. The van der Waals surface area contributed by atoms with Crippen LogP contribution in [0.5, 0.6) is 11.6 Å². The SMILES string of the molecule is CC1Cc2c(ncnc2Oc2ccc(F)cc2Cl)CN1c1cn[nH]c(=O)c1Cl. The van der Waals surface area contributed by atoms with Gasteiger partial charge in [0.2, 0.25) is 5.88 Å². The van der Waals surface area contributed by atoms with Gasteiger partial charge in [-0.3, -0.25) is 4.79 Å². The number of H-pyrrole nitrogens is 1. The Balaban J connectivity index is 1.68. The summed E-state index contributed by atoms with van der Waals surface area (Å²) >= 11 is 12.2. The quantitative estimate of drug-likeness (QED) is 0.692. The van der Waals surface area contributed by atoms with Gasteiger partial charge in [0, 0.05) is 11.6 Å². The summed E-state index contributed by atoms with van der Waals surface area (Å²) < 4.78 is 19.1. The van der Waals surface area contributed by atoms with Gasteiger partial charge in [0.05, 0.1) is 29.1 Å². The van der Waals surface area contributed by atoms with E-state index in [1.165, 1.54) is 30.7 Å². The van der Waals surface area contributed by atoms with Crippen molar-refractivity contribution in [2.75, 3.05) is 4.90 Å². The average molecular weight is 422 g/mol. The lowest BCUT2D eigenvalue weighted by Gasteiger charge is -2.36. The third kappa shape index (κ3) is 3.41. The summed E-state index contributed by atoms with van der Waals surface area (Å²) in [5.74, 6) is 0.218. The molecule has 1 unspecified atom stereocenters. The van der Waals surface area contributed by atoms with Gasteiger partial charge in [0.25, 0.3) is 5.56 Å². The van der Waals surface area contributed by atoms with Crippen molar-refractivity contribution in [3.8, 4) is 11.6 Å². The van der Waals surface area contributed by atoms with Gasteiger partial charge in [-0.1, -0.05) is 23.2 Å². The number of ether oxygens (including phenoxy) is 1. The topological polar surface area (TPSA) is 84.0 Å². The van der Waals surface area contributed by atoms with Gasteiger partial charge < -0.3 is 9.64 Å². The standard InChI is InChI=1S/C18H14Cl2FN5O2/c1-9-4-11-13(7-26(9)14-6-24-25-17(27)16(14)20)22-8-23-18(11)28-15-3-2-10(21)5-12(15)19/h2-3,5-6,8-9H,4,7H2,1H3,(H,25,27). The van der Waals surface area contributed by atoms with E-state index in [1.54, 1.807) is 0 Å². The Hall–Kier alpha value is -2.71. The molecule has 0 radical (unpaired) electrons. The van der Waals surface area contributed by atoms with Crippen LogP contribution in [0.1, 0.15) is 18.2 Å². The Kier molecular flexibility index (Phi) is 4.91. The van der Waals surface area contributed by atoms with Gasteiger partial charge in [-0.05, 0) is 31.5 Å². The fourth-order valence-electron chi connectivity index (χ4n) is 3.14. The fraction of sp³-hybridized carbons (Fsp3) is 0.222. The van der Waals surface area contributed by atoms with E-state index in [0.29, 0.717) is 30.3 Å². The third-order valence-corrected chi connectivity index (χ3v) is 5.19. The van der Waals surface area contributed by atoms with Crippen LogP contribution < -0.4 is 15.2 Å². The maximum atomic E-state index is 13.3. The Morgan fingerprint density at radius 3 is 2.93 bits per heavy atom. The summed E-state index contributed by atoms with van der Waals surface area (Å²) in [5, 5.41) is 6.37. The molecule has 0 aliphatic carbocycles. The van der Waals surface area contributed by atoms with E-state index in [4.69, 9.17) is 27.9 Å². The summed E-state index contributed by atoms with van der Waals surface area (Å²) in [4.78, 5) is 22.3. The van der Waals surface area contributed by atoms with Crippen molar-refractivity contribution in [2.24, 2.45) is 0 Å². The van der Waals surface area contributed by atoms with E-state index in [-0.39, 0.29) is 16.1 Å². The van der Waals surface area contributed by atoms with E-state index in [0.717, 1.165) is 11.3 Å². The Morgan fingerprint density at radius 2 is 2.14 bits per heavy atom. The largest absolute Gasteiger partial charge is 0.437 e.